The Morgan fingerprint density at radius 1 is 1.07 bits per heavy atom. The van der Waals surface area contributed by atoms with E-state index in [2.05, 4.69) is 15.6 Å². The van der Waals surface area contributed by atoms with E-state index >= 15 is 0 Å². The molecule has 7 nitrogen and oxygen atoms in total. The number of alkyl halides is 2. The van der Waals surface area contributed by atoms with Crippen LogP contribution >= 0.6 is 0 Å². The van der Waals surface area contributed by atoms with Crippen molar-refractivity contribution in [3.8, 4) is 11.5 Å². The molecular formula is C20H18F2N2O5. The molecule has 0 atom stereocenters. The molecule has 2 aromatic carbocycles. The number of amides is 2. The second-order valence-electron chi connectivity index (χ2n) is 5.93. The van der Waals surface area contributed by atoms with E-state index in [4.69, 9.17) is 9.15 Å². The van der Waals surface area contributed by atoms with Crippen molar-refractivity contribution in [1.29, 1.82) is 0 Å². The Labute approximate surface area is 164 Å². The highest BCUT2D eigenvalue weighted by Crippen LogP contribution is 2.30. The van der Waals surface area contributed by atoms with Gasteiger partial charge in [0.1, 0.15) is 5.58 Å². The van der Waals surface area contributed by atoms with Crippen LogP contribution in [0.3, 0.4) is 0 Å². The molecule has 1 aromatic heterocycles. The zero-order valence-electron chi connectivity index (χ0n) is 15.6. The van der Waals surface area contributed by atoms with E-state index in [0.29, 0.717) is 11.1 Å². The van der Waals surface area contributed by atoms with Crippen LogP contribution in [0.15, 0.2) is 46.9 Å². The average molecular weight is 404 g/mol. The van der Waals surface area contributed by atoms with E-state index in [1.54, 1.807) is 26.0 Å². The quantitative estimate of drug-likeness (QED) is 0.610. The summed E-state index contributed by atoms with van der Waals surface area (Å²) in [6.45, 7) is 0.556. The Morgan fingerprint density at radius 3 is 2.48 bits per heavy atom. The summed E-state index contributed by atoms with van der Waals surface area (Å²) in [5.41, 5.74) is 5.80. The van der Waals surface area contributed by atoms with Gasteiger partial charge in [-0.15, -0.1) is 0 Å². The first-order valence-electron chi connectivity index (χ1n) is 8.71. The monoisotopic (exact) mass is 404 g/mol. The van der Waals surface area contributed by atoms with Crippen molar-refractivity contribution in [2.45, 2.75) is 20.5 Å². The molecule has 0 aliphatic rings. The number of ether oxygens (including phenoxy) is 2. The van der Waals surface area contributed by atoms with E-state index in [0.717, 1.165) is 5.39 Å². The van der Waals surface area contributed by atoms with Gasteiger partial charge in [0.25, 0.3) is 5.91 Å². The first kappa shape index (κ1) is 20.1. The summed E-state index contributed by atoms with van der Waals surface area (Å²) in [5, 5.41) is 0.792. The Kier molecular flexibility index (Phi) is 5.96. The highest BCUT2D eigenvalue weighted by molar-refractivity contribution is 6.01. The van der Waals surface area contributed by atoms with E-state index in [1.807, 2.05) is 12.1 Å². The lowest BCUT2D eigenvalue weighted by Gasteiger charge is -2.13. The van der Waals surface area contributed by atoms with Gasteiger partial charge < -0.3 is 13.9 Å². The lowest BCUT2D eigenvalue weighted by Crippen LogP contribution is -2.41. The normalized spacial score (nSPS) is 10.8. The fourth-order valence-electron chi connectivity index (χ4n) is 2.74. The molecule has 152 valence electrons. The first-order valence-corrected chi connectivity index (χ1v) is 8.71. The molecule has 0 saturated carbocycles. The molecule has 0 bridgehead atoms. The fourth-order valence-corrected chi connectivity index (χ4v) is 2.74. The van der Waals surface area contributed by atoms with Crippen LogP contribution in [0.2, 0.25) is 0 Å². The number of hydrogen-bond donors (Lipinski definition) is 2. The van der Waals surface area contributed by atoms with Gasteiger partial charge in [-0.1, -0.05) is 18.2 Å². The Balaban J connectivity index is 1.71. The van der Waals surface area contributed by atoms with Gasteiger partial charge in [0.05, 0.1) is 6.61 Å². The average Bonchev–Trinajstić information content (AvgIpc) is 3.04. The molecule has 1 heterocycles. The number of halogens is 2. The molecule has 0 unspecified atom stereocenters. The molecular weight excluding hydrogens is 386 g/mol. The SMILES string of the molecule is CCOc1cc(C(=O)NNC(=O)c2oc3ccccc3c2C)ccc1OC(F)F. The number of para-hydroxylation sites is 1. The second kappa shape index (κ2) is 8.59. The van der Waals surface area contributed by atoms with Crippen LogP contribution in [0.5, 0.6) is 11.5 Å². The van der Waals surface area contributed by atoms with Crippen molar-refractivity contribution < 1.29 is 32.3 Å². The molecule has 0 aliphatic carbocycles. The van der Waals surface area contributed by atoms with Crippen LogP contribution in [-0.2, 0) is 0 Å². The third-order valence-electron chi connectivity index (χ3n) is 4.06. The third-order valence-corrected chi connectivity index (χ3v) is 4.06. The van der Waals surface area contributed by atoms with Crippen molar-refractivity contribution in [1.82, 2.24) is 10.9 Å². The molecule has 2 amide bonds. The van der Waals surface area contributed by atoms with Gasteiger partial charge in [0.2, 0.25) is 0 Å². The zero-order chi connectivity index (χ0) is 21.0. The molecule has 0 radical (unpaired) electrons. The third kappa shape index (κ3) is 4.45. The number of furan rings is 1. The first-order chi connectivity index (χ1) is 13.9. The maximum Gasteiger partial charge on any atom is 0.387 e. The summed E-state index contributed by atoms with van der Waals surface area (Å²) < 4.78 is 40.1. The van der Waals surface area contributed by atoms with Gasteiger partial charge in [-0.2, -0.15) is 8.78 Å². The second-order valence-corrected chi connectivity index (χ2v) is 5.93. The van der Waals surface area contributed by atoms with E-state index < -0.39 is 18.4 Å². The van der Waals surface area contributed by atoms with Crippen LogP contribution in [-0.4, -0.2) is 25.0 Å². The van der Waals surface area contributed by atoms with Crippen LogP contribution < -0.4 is 20.3 Å². The van der Waals surface area contributed by atoms with Crippen LogP contribution in [0.25, 0.3) is 11.0 Å². The highest BCUT2D eigenvalue weighted by atomic mass is 19.3. The number of fused-ring (bicyclic) bond motifs is 1. The van der Waals surface area contributed by atoms with Gasteiger partial charge in [-0.3, -0.25) is 20.4 Å². The molecule has 2 N–H and O–H groups in total. The van der Waals surface area contributed by atoms with E-state index in [-0.39, 0.29) is 29.4 Å². The molecule has 0 aliphatic heterocycles. The lowest BCUT2D eigenvalue weighted by atomic mass is 10.1. The van der Waals surface area contributed by atoms with Crippen molar-refractivity contribution in [3.05, 3.63) is 59.4 Å². The molecule has 29 heavy (non-hydrogen) atoms. The number of hydrogen-bond acceptors (Lipinski definition) is 5. The van der Waals surface area contributed by atoms with Crippen molar-refractivity contribution in [2.24, 2.45) is 0 Å². The van der Waals surface area contributed by atoms with Crippen molar-refractivity contribution >= 4 is 22.8 Å². The molecule has 3 rings (SSSR count). The number of carbonyl (C=O) groups excluding carboxylic acids is 2. The largest absolute Gasteiger partial charge is 0.490 e. The number of benzene rings is 2. The van der Waals surface area contributed by atoms with Gasteiger partial charge in [0, 0.05) is 16.5 Å². The number of nitrogens with one attached hydrogen (secondary N) is 2. The smallest absolute Gasteiger partial charge is 0.387 e. The maximum atomic E-state index is 12.5. The van der Waals surface area contributed by atoms with E-state index in [1.165, 1.54) is 18.2 Å². The van der Waals surface area contributed by atoms with Gasteiger partial charge >= 0.3 is 12.5 Å². The summed E-state index contributed by atoms with van der Waals surface area (Å²) in [5.74, 6) is -1.44. The van der Waals surface area contributed by atoms with Crippen molar-refractivity contribution in [3.63, 3.8) is 0 Å². The topological polar surface area (TPSA) is 89.8 Å². The number of rotatable bonds is 6. The Morgan fingerprint density at radius 2 is 1.79 bits per heavy atom. The van der Waals surface area contributed by atoms with Crippen molar-refractivity contribution in [2.75, 3.05) is 6.61 Å². The Bertz CT molecular complexity index is 1050. The Hall–Kier alpha value is -3.62. The number of carbonyl (C=O) groups is 2. The summed E-state index contributed by atoms with van der Waals surface area (Å²) in [7, 11) is 0. The standard InChI is InChI=1S/C20H18F2N2O5/c1-3-27-16-10-12(8-9-15(16)29-20(21)22)18(25)23-24-19(26)17-11(2)13-6-4-5-7-14(13)28-17/h4-10,20H,3H2,1-2H3,(H,23,25)(H,24,26). The summed E-state index contributed by atoms with van der Waals surface area (Å²) in [6.07, 6.45) is 0. The molecule has 0 fully saturated rings. The molecule has 0 spiro atoms. The number of hydrazine groups is 1. The van der Waals surface area contributed by atoms with Gasteiger partial charge in [-0.05, 0) is 38.1 Å². The van der Waals surface area contributed by atoms with Crippen LogP contribution in [0, 0.1) is 6.92 Å². The molecule has 0 saturated heterocycles. The highest BCUT2D eigenvalue weighted by Gasteiger charge is 2.19. The summed E-state index contributed by atoms with van der Waals surface area (Å²) >= 11 is 0. The zero-order valence-corrected chi connectivity index (χ0v) is 15.6. The summed E-state index contributed by atoms with van der Waals surface area (Å²) in [6, 6.07) is 10.9. The van der Waals surface area contributed by atoms with E-state index in [9.17, 15) is 18.4 Å². The molecule has 9 heteroatoms. The number of aryl methyl sites for hydroxylation is 1. The minimum Gasteiger partial charge on any atom is -0.490 e. The lowest BCUT2D eigenvalue weighted by molar-refractivity contribution is -0.0514. The van der Waals surface area contributed by atoms with Gasteiger partial charge in [-0.25, -0.2) is 0 Å². The maximum absolute atomic E-state index is 12.5. The minimum absolute atomic E-state index is 0.0140. The van der Waals surface area contributed by atoms with Gasteiger partial charge in [0.15, 0.2) is 17.3 Å². The predicted octanol–water partition coefficient (Wildman–Crippen LogP) is 3.82. The molecule has 3 aromatic rings. The van der Waals surface area contributed by atoms with Crippen LogP contribution in [0.4, 0.5) is 8.78 Å². The van der Waals surface area contributed by atoms with Crippen LogP contribution in [0.1, 0.15) is 33.4 Å². The summed E-state index contributed by atoms with van der Waals surface area (Å²) in [4.78, 5) is 24.7. The predicted molar refractivity (Wildman–Crippen MR) is 100 cm³/mol. The minimum atomic E-state index is -3.03. The fraction of sp³-hybridized carbons (Fsp3) is 0.200.